The lowest BCUT2D eigenvalue weighted by atomic mass is 10.2. The van der Waals surface area contributed by atoms with Crippen molar-refractivity contribution in [2.45, 2.75) is 26.8 Å². The fourth-order valence-corrected chi connectivity index (χ4v) is 1.76. The van der Waals surface area contributed by atoms with E-state index in [0.717, 1.165) is 0 Å². The molecule has 0 spiro atoms. The molecule has 7 heteroatoms. The van der Waals surface area contributed by atoms with Crippen LogP contribution in [0, 0.1) is 6.92 Å². The van der Waals surface area contributed by atoms with Gasteiger partial charge in [0, 0.05) is 20.1 Å². The molecule has 0 aliphatic carbocycles. The number of aromatic nitrogens is 2. The summed E-state index contributed by atoms with van der Waals surface area (Å²) in [4.78, 5) is 25.2. The van der Waals surface area contributed by atoms with Crippen LogP contribution in [0.5, 0.6) is 0 Å². The molecule has 1 rings (SSSR count). The van der Waals surface area contributed by atoms with Crippen LogP contribution in [0.3, 0.4) is 0 Å². The third kappa shape index (κ3) is 3.46. The first-order chi connectivity index (χ1) is 8.73. The fourth-order valence-electron chi connectivity index (χ4n) is 1.76. The van der Waals surface area contributed by atoms with Gasteiger partial charge in [-0.15, -0.1) is 0 Å². The highest BCUT2D eigenvalue weighted by molar-refractivity contribution is 5.99. The predicted molar refractivity (Wildman–Crippen MR) is 72.6 cm³/mol. The van der Waals surface area contributed by atoms with Gasteiger partial charge in [-0.3, -0.25) is 14.3 Å². The van der Waals surface area contributed by atoms with Gasteiger partial charge in [0.2, 0.25) is 5.91 Å². The minimum atomic E-state index is -0.320. The molecule has 1 heterocycles. The number of nitrogen functional groups attached to an aromatic ring is 1. The standard InChI is InChI=1S/C12H21N5O2/c1-7(2)14-9(18)6-16(4)12(19)11-10(13)8(3)15-17(11)5/h7H,6,13H2,1-5H3,(H,14,18). The van der Waals surface area contributed by atoms with Gasteiger partial charge in [-0.2, -0.15) is 5.10 Å². The molecule has 0 atom stereocenters. The molecule has 0 bridgehead atoms. The van der Waals surface area contributed by atoms with Gasteiger partial charge in [-0.25, -0.2) is 0 Å². The van der Waals surface area contributed by atoms with Crippen molar-refractivity contribution in [2.24, 2.45) is 7.05 Å². The number of aryl methyl sites for hydroxylation is 2. The number of rotatable bonds is 4. The molecule has 0 aliphatic heterocycles. The van der Waals surface area contributed by atoms with Crippen LogP contribution in [-0.4, -0.2) is 46.1 Å². The third-order valence-electron chi connectivity index (χ3n) is 2.65. The fraction of sp³-hybridized carbons (Fsp3) is 0.583. The quantitative estimate of drug-likeness (QED) is 0.797. The molecule has 0 aromatic carbocycles. The zero-order chi connectivity index (χ0) is 14.7. The Balaban J connectivity index is 2.80. The summed E-state index contributed by atoms with van der Waals surface area (Å²) in [5, 5.41) is 6.81. The molecular weight excluding hydrogens is 246 g/mol. The second kappa shape index (κ2) is 5.73. The Hall–Kier alpha value is -2.05. The molecule has 3 N–H and O–H groups in total. The average molecular weight is 267 g/mol. The van der Waals surface area contributed by atoms with Crippen LogP contribution in [0.15, 0.2) is 0 Å². The molecule has 0 saturated heterocycles. The smallest absolute Gasteiger partial charge is 0.274 e. The molecule has 1 aromatic rings. The Morgan fingerprint density at radius 3 is 2.47 bits per heavy atom. The number of nitrogens with zero attached hydrogens (tertiary/aromatic N) is 3. The summed E-state index contributed by atoms with van der Waals surface area (Å²) in [6.07, 6.45) is 0. The number of nitrogens with two attached hydrogens (primary N) is 1. The molecule has 0 radical (unpaired) electrons. The van der Waals surface area contributed by atoms with E-state index in [2.05, 4.69) is 10.4 Å². The molecule has 2 amide bonds. The zero-order valence-electron chi connectivity index (χ0n) is 12.0. The number of hydrogen-bond donors (Lipinski definition) is 2. The van der Waals surface area contributed by atoms with Gasteiger partial charge in [-0.1, -0.05) is 0 Å². The summed E-state index contributed by atoms with van der Waals surface area (Å²) in [6.45, 7) is 5.45. The third-order valence-corrected chi connectivity index (χ3v) is 2.65. The average Bonchev–Trinajstić information content (AvgIpc) is 2.50. The SMILES string of the molecule is Cc1nn(C)c(C(=O)N(C)CC(=O)NC(C)C)c1N. The number of nitrogens with one attached hydrogen (secondary N) is 1. The largest absolute Gasteiger partial charge is 0.395 e. The van der Waals surface area contributed by atoms with Gasteiger partial charge in [0.25, 0.3) is 5.91 Å². The Kier molecular flexibility index (Phi) is 4.52. The predicted octanol–water partition coefficient (Wildman–Crippen LogP) is -0.0927. The van der Waals surface area contributed by atoms with E-state index in [4.69, 9.17) is 5.73 Å². The van der Waals surface area contributed by atoms with Crippen molar-refractivity contribution < 1.29 is 9.59 Å². The Morgan fingerprint density at radius 1 is 1.47 bits per heavy atom. The second-order valence-electron chi connectivity index (χ2n) is 4.85. The van der Waals surface area contributed by atoms with Crippen LogP contribution in [-0.2, 0) is 11.8 Å². The van der Waals surface area contributed by atoms with E-state index in [1.165, 1.54) is 9.58 Å². The summed E-state index contributed by atoms with van der Waals surface area (Å²) in [6, 6.07) is 0.0417. The van der Waals surface area contributed by atoms with Crippen LogP contribution in [0.1, 0.15) is 30.0 Å². The lowest BCUT2D eigenvalue weighted by molar-refractivity contribution is -0.122. The number of carbonyl (C=O) groups excluding carboxylic acids is 2. The summed E-state index contributed by atoms with van der Waals surface area (Å²) in [7, 11) is 3.21. The van der Waals surface area contributed by atoms with Gasteiger partial charge >= 0.3 is 0 Å². The minimum Gasteiger partial charge on any atom is -0.395 e. The molecule has 19 heavy (non-hydrogen) atoms. The van der Waals surface area contributed by atoms with E-state index in [1.54, 1.807) is 21.0 Å². The van der Waals surface area contributed by atoms with Crippen molar-refractivity contribution in [3.63, 3.8) is 0 Å². The van der Waals surface area contributed by atoms with Gasteiger partial charge in [0.1, 0.15) is 5.69 Å². The Morgan fingerprint density at radius 2 is 2.05 bits per heavy atom. The van der Waals surface area contributed by atoms with E-state index in [1.807, 2.05) is 13.8 Å². The summed E-state index contributed by atoms with van der Waals surface area (Å²) >= 11 is 0. The van der Waals surface area contributed by atoms with Gasteiger partial charge < -0.3 is 16.0 Å². The molecule has 7 nitrogen and oxygen atoms in total. The highest BCUT2D eigenvalue weighted by Gasteiger charge is 2.22. The van der Waals surface area contributed by atoms with E-state index < -0.39 is 0 Å². The maximum atomic E-state index is 12.2. The number of amides is 2. The minimum absolute atomic E-state index is 0.0132. The summed E-state index contributed by atoms with van der Waals surface area (Å²) in [5.41, 5.74) is 7.08. The molecule has 106 valence electrons. The first kappa shape index (κ1) is 15.0. The topological polar surface area (TPSA) is 93.2 Å². The lowest BCUT2D eigenvalue weighted by Crippen LogP contribution is -2.41. The Bertz CT molecular complexity index is 493. The first-order valence-electron chi connectivity index (χ1n) is 6.08. The summed E-state index contributed by atoms with van der Waals surface area (Å²) < 4.78 is 1.43. The van der Waals surface area contributed by atoms with Crippen LogP contribution in [0.4, 0.5) is 5.69 Å². The van der Waals surface area contributed by atoms with E-state index in [9.17, 15) is 9.59 Å². The van der Waals surface area contributed by atoms with E-state index in [0.29, 0.717) is 17.1 Å². The zero-order valence-corrected chi connectivity index (χ0v) is 12.0. The molecular formula is C12H21N5O2. The maximum absolute atomic E-state index is 12.2. The first-order valence-corrected chi connectivity index (χ1v) is 6.08. The van der Waals surface area contributed by atoms with Crippen LogP contribution in [0.25, 0.3) is 0 Å². The van der Waals surface area contributed by atoms with E-state index in [-0.39, 0.29) is 24.4 Å². The van der Waals surface area contributed by atoms with Crippen molar-refractivity contribution in [3.8, 4) is 0 Å². The molecule has 0 aliphatic rings. The second-order valence-corrected chi connectivity index (χ2v) is 4.85. The van der Waals surface area contributed by atoms with Crippen LogP contribution in [0.2, 0.25) is 0 Å². The van der Waals surface area contributed by atoms with E-state index >= 15 is 0 Å². The van der Waals surface area contributed by atoms with Gasteiger partial charge in [0.15, 0.2) is 0 Å². The molecule has 0 saturated carbocycles. The number of anilines is 1. The van der Waals surface area contributed by atoms with Crippen molar-refractivity contribution in [1.29, 1.82) is 0 Å². The van der Waals surface area contributed by atoms with Crippen molar-refractivity contribution in [2.75, 3.05) is 19.3 Å². The number of carbonyl (C=O) groups is 2. The van der Waals surface area contributed by atoms with Crippen LogP contribution >= 0.6 is 0 Å². The normalized spacial score (nSPS) is 10.6. The Labute approximate surface area is 112 Å². The van der Waals surface area contributed by atoms with Gasteiger partial charge in [0.05, 0.1) is 17.9 Å². The summed E-state index contributed by atoms with van der Waals surface area (Å²) in [5.74, 6) is -0.525. The van der Waals surface area contributed by atoms with Crippen molar-refractivity contribution >= 4 is 17.5 Å². The number of likely N-dealkylation sites (N-methyl/N-ethyl adjacent to an activating group) is 1. The van der Waals surface area contributed by atoms with Crippen molar-refractivity contribution in [1.82, 2.24) is 20.0 Å². The monoisotopic (exact) mass is 267 g/mol. The highest BCUT2D eigenvalue weighted by atomic mass is 16.2. The molecule has 0 fully saturated rings. The highest BCUT2D eigenvalue weighted by Crippen LogP contribution is 2.16. The maximum Gasteiger partial charge on any atom is 0.274 e. The number of hydrogen-bond acceptors (Lipinski definition) is 4. The van der Waals surface area contributed by atoms with Gasteiger partial charge in [-0.05, 0) is 20.8 Å². The van der Waals surface area contributed by atoms with Crippen molar-refractivity contribution in [3.05, 3.63) is 11.4 Å². The molecule has 1 aromatic heterocycles. The lowest BCUT2D eigenvalue weighted by Gasteiger charge is -2.18. The molecule has 0 unspecified atom stereocenters. The van der Waals surface area contributed by atoms with Crippen LogP contribution < -0.4 is 11.1 Å².